The predicted octanol–water partition coefficient (Wildman–Crippen LogP) is 3.82. The van der Waals surface area contributed by atoms with Crippen molar-refractivity contribution in [2.45, 2.75) is 26.8 Å². The van der Waals surface area contributed by atoms with E-state index in [4.69, 9.17) is 0 Å². The largest absolute Gasteiger partial charge is 0.340 e. The molecule has 0 aliphatic carbocycles. The molecule has 0 aliphatic rings. The highest BCUT2D eigenvalue weighted by molar-refractivity contribution is 6.07. The monoisotopic (exact) mass is 481 g/mol. The number of carbonyl (C=O) groups excluding carboxylic acids is 3. The van der Waals surface area contributed by atoms with Gasteiger partial charge in [0.05, 0.1) is 22.5 Å². The SMILES string of the molecule is Cc1ccccc1C(=O)NC(C(=O)NNC(=O)c1cc(-c2ccccn2)nc2ccccc12)C(C)C. The molecular weight excluding hydrogens is 454 g/mol. The van der Waals surface area contributed by atoms with Crippen LogP contribution in [0.5, 0.6) is 0 Å². The summed E-state index contributed by atoms with van der Waals surface area (Å²) in [5.41, 5.74) is 8.39. The Hall–Kier alpha value is -4.59. The first-order chi connectivity index (χ1) is 17.3. The molecule has 0 saturated carbocycles. The number of para-hydroxylation sites is 1. The normalized spacial score (nSPS) is 11.7. The molecule has 0 aliphatic heterocycles. The molecule has 0 fully saturated rings. The van der Waals surface area contributed by atoms with Crippen molar-refractivity contribution in [3.63, 3.8) is 0 Å². The van der Waals surface area contributed by atoms with Gasteiger partial charge in [0.2, 0.25) is 0 Å². The Bertz CT molecular complexity index is 1420. The van der Waals surface area contributed by atoms with E-state index >= 15 is 0 Å². The number of fused-ring (bicyclic) bond motifs is 1. The van der Waals surface area contributed by atoms with Gasteiger partial charge < -0.3 is 5.32 Å². The van der Waals surface area contributed by atoms with Crippen molar-refractivity contribution in [1.29, 1.82) is 0 Å². The van der Waals surface area contributed by atoms with Gasteiger partial charge in [0.1, 0.15) is 6.04 Å². The summed E-state index contributed by atoms with van der Waals surface area (Å²) in [6.45, 7) is 5.47. The standard InChI is InChI=1S/C28H27N5O3/c1-17(2)25(31-26(34)19-11-5-4-10-18(19)3)28(36)33-32-27(35)21-16-24(23-14-8-9-15-29-23)30-22-13-7-6-12-20(21)22/h4-17,25H,1-3H3,(H,31,34)(H,32,35)(H,33,36). The number of nitrogens with zero attached hydrogens (tertiary/aromatic N) is 2. The Kier molecular flexibility index (Phi) is 7.34. The molecule has 36 heavy (non-hydrogen) atoms. The van der Waals surface area contributed by atoms with Crippen LogP contribution in [0.1, 0.15) is 40.1 Å². The van der Waals surface area contributed by atoms with Crippen molar-refractivity contribution in [2.75, 3.05) is 0 Å². The van der Waals surface area contributed by atoms with Gasteiger partial charge in [-0.25, -0.2) is 4.98 Å². The average molecular weight is 482 g/mol. The van der Waals surface area contributed by atoms with Crippen LogP contribution in [0.25, 0.3) is 22.3 Å². The van der Waals surface area contributed by atoms with Crippen LogP contribution in [0.2, 0.25) is 0 Å². The van der Waals surface area contributed by atoms with Gasteiger partial charge in [-0.2, -0.15) is 0 Å². The van der Waals surface area contributed by atoms with Crippen molar-refractivity contribution in [2.24, 2.45) is 5.92 Å². The van der Waals surface area contributed by atoms with Crippen LogP contribution in [0.15, 0.2) is 79.0 Å². The number of rotatable bonds is 6. The van der Waals surface area contributed by atoms with Gasteiger partial charge in [-0.1, -0.05) is 56.3 Å². The summed E-state index contributed by atoms with van der Waals surface area (Å²) >= 11 is 0. The molecule has 2 aromatic heterocycles. The molecule has 2 heterocycles. The molecule has 4 aromatic rings. The lowest BCUT2D eigenvalue weighted by Gasteiger charge is -2.22. The Labute approximate surface area is 209 Å². The summed E-state index contributed by atoms with van der Waals surface area (Å²) in [6.07, 6.45) is 1.66. The zero-order chi connectivity index (χ0) is 25.7. The second-order valence-corrected chi connectivity index (χ2v) is 8.74. The number of aryl methyl sites for hydroxylation is 1. The summed E-state index contributed by atoms with van der Waals surface area (Å²) in [6, 6.07) is 20.7. The van der Waals surface area contributed by atoms with Gasteiger partial charge in [-0.3, -0.25) is 30.2 Å². The van der Waals surface area contributed by atoms with Crippen molar-refractivity contribution < 1.29 is 14.4 Å². The Morgan fingerprint density at radius 1 is 0.778 bits per heavy atom. The van der Waals surface area contributed by atoms with Crippen molar-refractivity contribution >= 4 is 28.6 Å². The number of benzene rings is 2. The molecule has 3 amide bonds. The van der Waals surface area contributed by atoms with E-state index in [0.29, 0.717) is 33.4 Å². The van der Waals surface area contributed by atoms with Crippen molar-refractivity contribution in [1.82, 2.24) is 26.1 Å². The minimum atomic E-state index is -0.851. The average Bonchev–Trinajstić information content (AvgIpc) is 2.90. The number of hydrazine groups is 1. The Morgan fingerprint density at radius 3 is 2.22 bits per heavy atom. The second kappa shape index (κ2) is 10.8. The van der Waals surface area contributed by atoms with Crippen molar-refractivity contribution in [3.05, 3.63) is 95.7 Å². The van der Waals surface area contributed by atoms with Gasteiger partial charge in [-0.15, -0.1) is 0 Å². The second-order valence-electron chi connectivity index (χ2n) is 8.74. The number of carbonyl (C=O) groups is 3. The fourth-order valence-electron chi connectivity index (χ4n) is 3.85. The van der Waals surface area contributed by atoms with Crippen LogP contribution >= 0.6 is 0 Å². The molecular formula is C28H27N5O3. The van der Waals surface area contributed by atoms with Crippen LogP contribution in [0, 0.1) is 12.8 Å². The van der Waals surface area contributed by atoms with E-state index in [9.17, 15) is 14.4 Å². The highest BCUT2D eigenvalue weighted by Gasteiger charge is 2.26. The van der Waals surface area contributed by atoms with Gasteiger partial charge in [0.25, 0.3) is 17.7 Å². The van der Waals surface area contributed by atoms with E-state index in [2.05, 4.69) is 26.1 Å². The van der Waals surface area contributed by atoms with Crippen LogP contribution in [0.4, 0.5) is 0 Å². The van der Waals surface area contributed by atoms with Crippen molar-refractivity contribution in [3.8, 4) is 11.4 Å². The molecule has 4 rings (SSSR count). The first-order valence-corrected chi connectivity index (χ1v) is 11.6. The van der Waals surface area contributed by atoms with E-state index in [1.165, 1.54) is 0 Å². The summed E-state index contributed by atoms with van der Waals surface area (Å²) in [5, 5.41) is 3.41. The maximum Gasteiger partial charge on any atom is 0.270 e. The molecule has 0 radical (unpaired) electrons. The van der Waals surface area contributed by atoms with Gasteiger partial charge >= 0.3 is 0 Å². The lowest BCUT2D eigenvalue weighted by atomic mass is 10.0. The van der Waals surface area contributed by atoms with Gasteiger partial charge in [-0.05, 0) is 48.7 Å². The number of hydrogen-bond donors (Lipinski definition) is 3. The zero-order valence-electron chi connectivity index (χ0n) is 20.3. The molecule has 2 aromatic carbocycles. The molecule has 3 N–H and O–H groups in total. The van der Waals surface area contributed by atoms with Gasteiger partial charge in [0, 0.05) is 17.1 Å². The highest BCUT2D eigenvalue weighted by Crippen LogP contribution is 2.23. The Balaban J connectivity index is 1.53. The van der Waals surface area contributed by atoms with E-state index in [-0.39, 0.29) is 11.8 Å². The molecule has 182 valence electrons. The molecule has 1 unspecified atom stereocenters. The number of amides is 3. The third kappa shape index (κ3) is 5.38. The van der Waals surface area contributed by atoms with Crippen LogP contribution in [-0.2, 0) is 4.79 Å². The molecule has 0 bridgehead atoms. The highest BCUT2D eigenvalue weighted by atomic mass is 16.2. The summed E-state index contributed by atoms with van der Waals surface area (Å²) in [7, 11) is 0. The number of nitrogens with one attached hydrogen (secondary N) is 3. The van der Waals surface area contributed by atoms with Crippen LogP contribution < -0.4 is 16.2 Å². The Morgan fingerprint density at radius 2 is 1.50 bits per heavy atom. The zero-order valence-corrected chi connectivity index (χ0v) is 20.3. The molecule has 0 saturated heterocycles. The fourth-order valence-corrected chi connectivity index (χ4v) is 3.85. The van der Waals surface area contributed by atoms with E-state index < -0.39 is 17.9 Å². The first kappa shape index (κ1) is 24.5. The van der Waals surface area contributed by atoms with E-state index in [1.807, 2.05) is 63.2 Å². The molecule has 8 heteroatoms. The smallest absolute Gasteiger partial charge is 0.270 e. The third-order valence-corrected chi connectivity index (χ3v) is 5.81. The van der Waals surface area contributed by atoms with E-state index in [0.717, 1.165) is 5.56 Å². The summed E-state index contributed by atoms with van der Waals surface area (Å²) in [5.74, 6) is -1.60. The molecule has 8 nitrogen and oxygen atoms in total. The third-order valence-electron chi connectivity index (χ3n) is 5.81. The fraction of sp³-hybridized carbons (Fsp3) is 0.179. The maximum absolute atomic E-state index is 13.2. The number of pyridine rings is 2. The lowest BCUT2D eigenvalue weighted by molar-refractivity contribution is -0.124. The minimum absolute atomic E-state index is 0.215. The number of hydrogen-bond acceptors (Lipinski definition) is 5. The molecule has 1 atom stereocenters. The summed E-state index contributed by atoms with van der Waals surface area (Å²) < 4.78 is 0. The first-order valence-electron chi connectivity index (χ1n) is 11.6. The van der Waals surface area contributed by atoms with E-state index in [1.54, 1.807) is 36.5 Å². The topological polar surface area (TPSA) is 113 Å². The number of aromatic nitrogens is 2. The lowest BCUT2D eigenvalue weighted by Crippen LogP contribution is -2.54. The van der Waals surface area contributed by atoms with Crippen LogP contribution in [0.3, 0.4) is 0 Å². The minimum Gasteiger partial charge on any atom is -0.340 e. The van der Waals surface area contributed by atoms with Gasteiger partial charge in [0.15, 0.2) is 0 Å². The molecule has 0 spiro atoms. The predicted molar refractivity (Wildman–Crippen MR) is 138 cm³/mol. The maximum atomic E-state index is 13.2. The summed E-state index contributed by atoms with van der Waals surface area (Å²) in [4.78, 5) is 47.9. The quantitative estimate of drug-likeness (QED) is 0.363. The van der Waals surface area contributed by atoms with Crippen LogP contribution in [-0.4, -0.2) is 33.7 Å².